The topological polar surface area (TPSA) is 79.3 Å². The first-order valence-electron chi connectivity index (χ1n) is 6.15. The van der Waals surface area contributed by atoms with Crippen molar-refractivity contribution in [1.29, 1.82) is 0 Å². The minimum absolute atomic E-state index is 0.00445. The van der Waals surface area contributed by atoms with E-state index in [1.165, 1.54) is 12.3 Å². The molecule has 0 saturated carbocycles. The SMILES string of the molecule is CCCCCCNS(=O)(=O)c1ccc(CO)cn1. The Kier molecular flexibility index (Phi) is 6.24. The highest BCUT2D eigenvalue weighted by molar-refractivity contribution is 7.89. The molecular formula is C12H20N2O3S. The molecule has 5 nitrogen and oxygen atoms in total. The average molecular weight is 272 g/mol. The lowest BCUT2D eigenvalue weighted by Gasteiger charge is -2.06. The molecule has 6 heteroatoms. The summed E-state index contributed by atoms with van der Waals surface area (Å²) in [5, 5.41) is 8.85. The molecule has 0 aromatic carbocycles. The second-order valence-electron chi connectivity index (χ2n) is 4.12. The van der Waals surface area contributed by atoms with Crippen LogP contribution in [0.25, 0.3) is 0 Å². The number of hydrogen-bond acceptors (Lipinski definition) is 4. The number of aliphatic hydroxyl groups excluding tert-OH is 1. The van der Waals surface area contributed by atoms with E-state index in [9.17, 15) is 8.42 Å². The molecule has 0 bridgehead atoms. The molecule has 102 valence electrons. The van der Waals surface area contributed by atoms with Crippen LogP contribution in [0.3, 0.4) is 0 Å². The van der Waals surface area contributed by atoms with Crippen LogP contribution in [0.2, 0.25) is 0 Å². The molecule has 1 aromatic heterocycles. The van der Waals surface area contributed by atoms with Crippen LogP contribution in [0.1, 0.15) is 38.2 Å². The van der Waals surface area contributed by atoms with E-state index >= 15 is 0 Å². The van der Waals surface area contributed by atoms with Crippen molar-refractivity contribution in [2.24, 2.45) is 0 Å². The summed E-state index contributed by atoms with van der Waals surface area (Å²) in [5.74, 6) is 0. The summed E-state index contributed by atoms with van der Waals surface area (Å²) < 4.78 is 26.2. The van der Waals surface area contributed by atoms with Crippen LogP contribution in [-0.4, -0.2) is 25.1 Å². The van der Waals surface area contributed by atoms with Crippen molar-refractivity contribution in [1.82, 2.24) is 9.71 Å². The van der Waals surface area contributed by atoms with Gasteiger partial charge in [-0.2, -0.15) is 0 Å². The minimum atomic E-state index is -3.52. The molecule has 1 rings (SSSR count). The number of nitrogens with zero attached hydrogens (tertiary/aromatic N) is 1. The first-order chi connectivity index (χ1) is 8.60. The molecule has 18 heavy (non-hydrogen) atoms. The van der Waals surface area contributed by atoms with Gasteiger partial charge in [-0.3, -0.25) is 0 Å². The lowest BCUT2D eigenvalue weighted by molar-refractivity contribution is 0.281. The number of nitrogens with one attached hydrogen (secondary N) is 1. The van der Waals surface area contributed by atoms with Crippen molar-refractivity contribution in [2.75, 3.05) is 6.54 Å². The summed E-state index contributed by atoms with van der Waals surface area (Å²) in [6.07, 6.45) is 5.46. The minimum Gasteiger partial charge on any atom is -0.392 e. The van der Waals surface area contributed by atoms with Gasteiger partial charge in [0.25, 0.3) is 10.0 Å². The fraction of sp³-hybridized carbons (Fsp3) is 0.583. The Morgan fingerprint density at radius 1 is 1.28 bits per heavy atom. The third kappa shape index (κ3) is 4.72. The predicted octanol–water partition coefficient (Wildman–Crippen LogP) is 1.43. The molecule has 1 heterocycles. The Morgan fingerprint density at radius 3 is 2.61 bits per heavy atom. The summed E-state index contributed by atoms with van der Waals surface area (Å²) >= 11 is 0. The van der Waals surface area contributed by atoms with Crippen LogP contribution in [0, 0.1) is 0 Å². The molecule has 0 aliphatic rings. The molecule has 0 fully saturated rings. The van der Waals surface area contributed by atoms with E-state index in [1.54, 1.807) is 6.07 Å². The van der Waals surface area contributed by atoms with Gasteiger partial charge in [0.05, 0.1) is 6.61 Å². The lowest BCUT2D eigenvalue weighted by atomic mass is 10.2. The van der Waals surface area contributed by atoms with Crippen LogP contribution < -0.4 is 4.72 Å². The number of sulfonamides is 1. The summed E-state index contributed by atoms with van der Waals surface area (Å²) in [6, 6.07) is 2.96. The summed E-state index contributed by atoms with van der Waals surface area (Å²) in [5.41, 5.74) is 0.594. The van der Waals surface area contributed by atoms with Gasteiger partial charge in [0.2, 0.25) is 0 Å². The Balaban J connectivity index is 2.51. The Bertz CT molecular complexity index is 443. The maximum atomic E-state index is 11.8. The van der Waals surface area contributed by atoms with Crippen molar-refractivity contribution < 1.29 is 13.5 Å². The summed E-state index contributed by atoms with van der Waals surface area (Å²) in [7, 11) is -3.52. The fourth-order valence-electron chi connectivity index (χ4n) is 1.50. The smallest absolute Gasteiger partial charge is 0.258 e. The molecule has 2 N–H and O–H groups in total. The maximum absolute atomic E-state index is 11.8. The zero-order chi connectivity index (χ0) is 13.4. The molecule has 0 atom stereocenters. The first kappa shape index (κ1) is 15.1. The molecule has 0 aliphatic carbocycles. The van der Waals surface area contributed by atoms with Crippen molar-refractivity contribution in [3.8, 4) is 0 Å². The van der Waals surface area contributed by atoms with Crippen molar-refractivity contribution in [3.05, 3.63) is 23.9 Å². The second kappa shape index (κ2) is 7.45. The molecule has 0 spiro atoms. The number of aromatic nitrogens is 1. The average Bonchev–Trinajstić information content (AvgIpc) is 2.38. The lowest BCUT2D eigenvalue weighted by Crippen LogP contribution is -2.25. The third-order valence-corrected chi connectivity index (χ3v) is 3.95. The van der Waals surface area contributed by atoms with E-state index in [-0.39, 0.29) is 11.6 Å². The van der Waals surface area contributed by atoms with Crippen molar-refractivity contribution in [3.63, 3.8) is 0 Å². The van der Waals surface area contributed by atoms with E-state index in [0.29, 0.717) is 12.1 Å². The normalized spacial score (nSPS) is 11.7. The number of unbranched alkanes of at least 4 members (excludes halogenated alkanes) is 3. The van der Waals surface area contributed by atoms with Crippen molar-refractivity contribution >= 4 is 10.0 Å². The molecule has 0 unspecified atom stereocenters. The van der Waals surface area contributed by atoms with Gasteiger partial charge in [-0.25, -0.2) is 18.1 Å². The summed E-state index contributed by atoms with van der Waals surface area (Å²) in [6.45, 7) is 2.40. The Morgan fingerprint density at radius 2 is 2.06 bits per heavy atom. The molecule has 0 amide bonds. The van der Waals surface area contributed by atoms with Gasteiger partial charge in [0, 0.05) is 12.7 Å². The fourth-order valence-corrected chi connectivity index (χ4v) is 2.50. The number of hydrogen-bond donors (Lipinski definition) is 2. The molecule has 0 radical (unpaired) electrons. The zero-order valence-corrected chi connectivity index (χ0v) is 11.4. The van der Waals surface area contributed by atoms with E-state index < -0.39 is 10.0 Å². The Labute approximate surface area is 108 Å². The highest BCUT2D eigenvalue weighted by atomic mass is 32.2. The van der Waals surface area contributed by atoms with E-state index in [4.69, 9.17) is 5.11 Å². The highest BCUT2D eigenvalue weighted by Gasteiger charge is 2.14. The summed E-state index contributed by atoms with van der Waals surface area (Å²) in [4.78, 5) is 3.83. The van der Waals surface area contributed by atoms with Crippen LogP contribution >= 0.6 is 0 Å². The third-order valence-electron chi connectivity index (χ3n) is 2.58. The van der Waals surface area contributed by atoms with Crippen LogP contribution in [-0.2, 0) is 16.6 Å². The molecule has 0 aliphatic heterocycles. The molecule has 0 saturated heterocycles. The number of pyridine rings is 1. The van der Waals surface area contributed by atoms with Crippen LogP contribution in [0.5, 0.6) is 0 Å². The maximum Gasteiger partial charge on any atom is 0.258 e. The largest absolute Gasteiger partial charge is 0.392 e. The predicted molar refractivity (Wildman–Crippen MR) is 69.5 cm³/mol. The van der Waals surface area contributed by atoms with Crippen LogP contribution in [0.4, 0.5) is 0 Å². The number of aliphatic hydroxyl groups is 1. The zero-order valence-electron chi connectivity index (χ0n) is 10.6. The highest BCUT2D eigenvalue weighted by Crippen LogP contribution is 2.07. The molecule has 1 aromatic rings. The van der Waals surface area contributed by atoms with Gasteiger partial charge in [-0.05, 0) is 18.1 Å². The van der Waals surface area contributed by atoms with Crippen LogP contribution in [0.15, 0.2) is 23.4 Å². The van der Waals surface area contributed by atoms with E-state index in [2.05, 4.69) is 16.6 Å². The van der Waals surface area contributed by atoms with Gasteiger partial charge in [0.1, 0.15) is 0 Å². The van der Waals surface area contributed by atoms with Gasteiger partial charge in [-0.15, -0.1) is 0 Å². The second-order valence-corrected chi connectivity index (χ2v) is 5.84. The van der Waals surface area contributed by atoms with E-state index in [0.717, 1.165) is 25.7 Å². The van der Waals surface area contributed by atoms with Gasteiger partial charge >= 0.3 is 0 Å². The van der Waals surface area contributed by atoms with Gasteiger partial charge in [-0.1, -0.05) is 32.3 Å². The monoisotopic (exact) mass is 272 g/mol. The Hall–Kier alpha value is -0.980. The number of rotatable bonds is 8. The van der Waals surface area contributed by atoms with Gasteiger partial charge in [0.15, 0.2) is 5.03 Å². The first-order valence-corrected chi connectivity index (χ1v) is 7.64. The van der Waals surface area contributed by atoms with Gasteiger partial charge < -0.3 is 5.11 Å². The van der Waals surface area contributed by atoms with E-state index in [1.807, 2.05) is 0 Å². The molecular weight excluding hydrogens is 252 g/mol. The van der Waals surface area contributed by atoms with Crippen molar-refractivity contribution in [2.45, 2.75) is 44.2 Å². The standard InChI is InChI=1S/C12H20N2O3S/c1-2-3-4-5-8-14-18(16,17)12-7-6-11(10-15)9-13-12/h6-7,9,14-15H,2-5,8,10H2,1H3. The quantitative estimate of drug-likeness (QED) is 0.702.